The van der Waals surface area contributed by atoms with Crippen molar-refractivity contribution in [3.63, 3.8) is 0 Å². The number of hydrogen-bond acceptors (Lipinski definition) is 3. The molecule has 0 heterocycles. The molecule has 0 aliphatic rings. The molecule has 4 nitrogen and oxygen atoms in total. The fourth-order valence-corrected chi connectivity index (χ4v) is 2.72. The van der Waals surface area contributed by atoms with Gasteiger partial charge >= 0.3 is 0 Å². The molecule has 0 fully saturated rings. The van der Waals surface area contributed by atoms with Crippen LogP contribution in [-0.2, 0) is 10.0 Å². The predicted molar refractivity (Wildman–Crippen MR) is 70.1 cm³/mol. The van der Waals surface area contributed by atoms with Gasteiger partial charge < -0.3 is 5.73 Å². The number of benzene rings is 1. The zero-order valence-electron chi connectivity index (χ0n) is 11.0. The van der Waals surface area contributed by atoms with Crippen LogP contribution in [0.4, 0.5) is 10.1 Å². The Kier molecular flexibility index (Phi) is 4.02. The molecular formula is C12H19FN2O2S. The van der Waals surface area contributed by atoms with Crippen molar-refractivity contribution in [2.24, 2.45) is 5.41 Å². The van der Waals surface area contributed by atoms with Gasteiger partial charge in [0.15, 0.2) is 0 Å². The Hall–Kier alpha value is -1.14. The summed E-state index contributed by atoms with van der Waals surface area (Å²) < 4.78 is 40.1. The van der Waals surface area contributed by atoms with E-state index in [1.807, 2.05) is 20.8 Å². The van der Waals surface area contributed by atoms with Gasteiger partial charge in [-0.05, 0) is 30.5 Å². The average molecular weight is 274 g/mol. The lowest BCUT2D eigenvalue weighted by Gasteiger charge is -2.27. The lowest BCUT2D eigenvalue weighted by atomic mass is 9.89. The van der Waals surface area contributed by atoms with Crippen molar-refractivity contribution < 1.29 is 12.8 Å². The van der Waals surface area contributed by atoms with E-state index in [4.69, 9.17) is 5.73 Å². The van der Waals surface area contributed by atoms with Gasteiger partial charge in [0.1, 0.15) is 10.7 Å². The maximum absolute atomic E-state index is 13.6. The van der Waals surface area contributed by atoms with Crippen molar-refractivity contribution in [2.45, 2.75) is 38.6 Å². The van der Waals surface area contributed by atoms with Crippen LogP contribution in [0.15, 0.2) is 23.1 Å². The molecule has 0 aliphatic heterocycles. The third-order valence-corrected chi connectivity index (χ3v) is 4.45. The first-order valence-corrected chi connectivity index (χ1v) is 7.10. The Morgan fingerprint density at radius 1 is 1.33 bits per heavy atom. The third-order valence-electron chi connectivity index (χ3n) is 2.88. The van der Waals surface area contributed by atoms with Gasteiger partial charge in [0.25, 0.3) is 0 Å². The quantitative estimate of drug-likeness (QED) is 0.829. The van der Waals surface area contributed by atoms with Crippen molar-refractivity contribution in [2.75, 3.05) is 5.73 Å². The SMILES string of the molecule is CC(NS(=O)(=O)c1ccc(N)cc1F)C(C)(C)C. The van der Waals surface area contributed by atoms with Crippen LogP contribution in [0.1, 0.15) is 27.7 Å². The first-order chi connectivity index (χ1) is 8.04. The van der Waals surface area contributed by atoms with Gasteiger partial charge in [-0.25, -0.2) is 17.5 Å². The summed E-state index contributed by atoms with van der Waals surface area (Å²) in [5.41, 5.74) is 5.32. The van der Waals surface area contributed by atoms with Gasteiger partial charge in [-0.2, -0.15) is 0 Å². The molecule has 0 bridgehead atoms. The largest absolute Gasteiger partial charge is 0.399 e. The summed E-state index contributed by atoms with van der Waals surface area (Å²) in [5.74, 6) is -0.844. The second kappa shape index (κ2) is 4.85. The molecular weight excluding hydrogens is 255 g/mol. The van der Waals surface area contributed by atoms with E-state index in [2.05, 4.69) is 4.72 Å². The molecule has 3 N–H and O–H groups in total. The number of nitrogen functional groups attached to an aromatic ring is 1. The Balaban J connectivity index is 3.08. The molecule has 0 radical (unpaired) electrons. The van der Waals surface area contributed by atoms with Crippen LogP contribution < -0.4 is 10.5 Å². The number of anilines is 1. The summed E-state index contributed by atoms with van der Waals surface area (Å²) in [4.78, 5) is -0.382. The van der Waals surface area contributed by atoms with Crippen molar-refractivity contribution in [3.8, 4) is 0 Å². The zero-order valence-corrected chi connectivity index (χ0v) is 11.8. The highest BCUT2D eigenvalue weighted by atomic mass is 32.2. The zero-order chi connectivity index (χ0) is 14.1. The van der Waals surface area contributed by atoms with Gasteiger partial charge in [0.05, 0.1) is 0 Å². The number of hydrogen-bond donors (Lipinski definition) is 2. The lowest BCUT2D eigenvalue weighted by molar-refractivity contribution is 0.317. The number of halogens is 1. The highest BCUT2D eigenvalue weighted by molar-refractivity contribution is 7.89. The molecule has 0 amide bonds. The summed E-state index contributed by atoms with van der Waals surface area (Å²) in [6.07, 6.45) is 0. The molecule has 1 atom stereocenters. The Morgan fingerprint density at radius 2 is 1.89 bits per heavy atom. The van der Waals surface area contributed by atoms with Crippen molar-refractivity contribution in [1.82, 2.24) is 4.72 Å². The lowest BCUT2D eigenvalue weighted by Crippen LogP contribution is -2.41. The molecule has 0 aliphatic carbocycles. The first-order valence-electron chi connectivity index (χ1n) is 5.61. The molecule has 1 aromatic carbocycles. The van der Waals surface area contributed by atoms with Gasteiger partial charge in [0.2, 0.25) is 10.0 Å². The van der Waals surface area contributed by atoms with Crippen molar-refractivity contribution in [1.29, 1.82) is 0 Å². The van der Waals surface area contributed by atoms with E-state index in [0.717, 1.165) is 6.07 Å². The molecule has 18 heavy (non-hydrogen) atoms. The second-order valence-corrected chi connectivity index (χ2v) is 7.08. The first kappa shape index (κ1) is 14.9. The normalized spacial score (nSPS) is 14.5. The van der Waals surface area contributed by atoms with Gasteiger partial charge in [-0.15, -0.1) is 0 Å². The summed E-state index contributed by atoms with van der Waals surface area (Å²) in [6.45, 7) is 7.45. The van der Waals surface area contributed by atoms with E-state index in [-0.39, 0.29) is 22.0 Å². The number of sulfonamides is 1. The summed E-state index contributed by atoms with van der Waals surface area (Å²) >= 11 is 0. The van der Waals surface area contributed by atoms with E-state index in [1.165, 1.54) is 12.1 Å². The minimum Gasteiger partial charge on any atom is -0.399 e. The Bertz CT molecular complexity index is 535. The monoisotopic (exact) mass is 274 g/mol. The van der Waals surface area contributed by atoms with Crippen LogP contribution in [-0.4, -0.2) is 14.5 Å². The van der Waals surface area contributed by atoms with Crippen LogP contribution in [0.5, 0.6) is 0 Å². The summed E-state index contributed by atoms with van der Waals surface area (Å²) in [7, 11) is -3.87. The molecule has 0 saturated heterocycles. The second-order valence-electron chi connectivity index (χ2n) is 5.40. The standard InChI is InChI=1S/C12H19FN2O2S/c1-8(12(2,3)4)15-18(16,17)11-6-5-9(14)7-10(11)13/h5-8,15H,14H2,1-4H3. The molecule has 0 spiro atoms. The average Bonchev–Trinajstić information content (AvgIpc) is 2.14. The van der Waals surface area contributed by atoms with Gasteiger partial charge in [-0.3, -0.25) is 0 Å². The highest BCUT2D eigenvalue weighted by Crippen LogP contribution is 2.22. The minimum atomic E-state index is -3.87. The predicted octanol–water partition coefficient (Wildman–Crippen LogP) is 2.12. The van der Waals surface area contributed by atoms with E-state index in [9.17, 15) is 12.8 Å². The third kappa shape index (κ3) is 3.43. The summed E-state index contributed by atoms with van der Waals surface area (Å²) in [5, 5.41) is 0. The van der Waals surface area contributed by atoms with Crippen LogP contribution in [0.25, 0.3) is 0 Å². The van der Waals surface area contributed by atoms with Gasteiger partial charge in [0, 0.05) is 11.7 Å². The number of nitrogens with one attached hydrogen (secondary N) is 1. The maximum atomic E-state index is 13.6. The highest BCUT2D eigenvalue weighted by Gasteiger charge is 2.27. The van der Waals surface area contributed by atoms with Crippen LogP contribution in [0.2, 0.25) is 0 Å². The fourth-order valence-electron chi connectivity index (χ4n) is 1.21. The molecule has 6 heteroatoms. The molecule has 1 unspecified atom stereocenters. The van der Waals surface area contributed by atoms with E-state index < -0.39 is 15.8 Å². The van der Waals surface area contributed by atoms with Crippen LogP contribution in [0.3, 0.4) is 0 Å². The maximum Gasteiger partial charge on any atom is 0.243 e. The fraction of sp³-hybridized carbons (Fsp3) is 0.500. The number of nitrogens with two attached hydrogens (primary N) is 1. The summed E-state index contributed by atoms with van der Waals surface area (Å²) in [6, 6.07) is 3.21. The molecule has 1 rings (SSSR count). The minimum absolute atomic E-state index is 0.190. The topological polar surface area (TPSA) is 72.2 Å². The smallest absolute Gasteiger partial charge is 0.243 e. The van der Waals surface area contributed by atoms with Crippen molar-refractivity contribution in [3.05, 3.63) is 24.0 Å². The van der Waals surface area contributed by atoms with E-state index >= 15 is 0 Å². The molecule has 1 aromatic rings. The Labute approximate surface area is 107 Å². The van der Waals surface area contributed by atoms with Crippen molar-refractivity contribution >= 4 is 15.7 Å². The molecule has 0 aromatic heterocycles. The van der Waals surface area contributed by atoms with Gasteiger partial charge in [-0.1, -0.05) is 20.8 Å². The van der Waals surface area contributed by atoms with E-state index in [0.29, 0.717) is 0 Å². The molecule has 0 saturated carbocycles. The Morgan fingerprint density at radius 3 is 2.33 bits per heavy atom. The van der Waals surface area contributed by atoms with Crippen LogP contribution >= 0.6 is 0 Å². The van der Waals surface area contributed by atoms with Crippen LogP contribution in [0, 0.1) is 11.2 Å². The molecule has 102 valence electrons. The van der Waals surface area contributed by atoms with E-state index in [1.54, 1.807) is 6.92 Å². The number of rotatable bonds is 3.